The van der Waals surface area contributed by atoms with Crippen LogP contribution >= 0.6 is 11.6 Å². The molecule has 1 aromatic carbocycles. The second-order valence-corrected chi connectivity index (χ2v) is 4.72. The molecule has 0 amide bonds. The number of benzene rings is 1. The van der Waals surface area contributed by atoms with Gasteiger partial charge >= 0.3 is 0 Å². The van der Waals surface area contributed by atoms with Gasteiger partial charge in [-0.1, -0.05) is 18.2 Å². The zero-order chi connectivity index (χ0) is 11.7. The van der Waals surface area contributed by atoms with Crippen LogP contribution in [0.25, 0.3) is 10.9 Å². The number of ether oxygens (including phenoxy) is 1. The van der Waals surface area contributed by atoms with Crippen molar-refractivity contribution in [3.63, 3.8) is 0 Å². The molecule has 0 saturated carbocycles. The molecule has 0 N–H and O–H groups in total. The molecule has 1 aliphatic heterocycles. The third-order valence-corrected chi connectivity index (χ3v) is 3.80. The summed E-state index contributed by atoms with van der Waals surface area (Å²) in [4.78, 5) is 4.38. The van der Waals surface area contributed by atoms with E-state index in [1.54, 1.807) is 0 Å². The van der Waals surface area contributed by atoms with Crippen molar-refractivity contribution in [3.05, 3.63) is 42.1 Å². The number of rotatable bonds is 2. The quantitative estimate of drug-likeness (QED) is 0.758. The average Bonchev–Trinajstić information content (AvgIpc) is 2.86. The molecule has 1 aliphatic rings. The number of para-hydroxylation sites is 1. The van der Waals surface area contributed by atoms with E-state index in [4.69, 9.17) is 16.3 Å². The number of halogens is 1. The monoisotopic (exact) mass is 247 g/mol. The first-order valence-electron chi connectivity index (χ1n) is 5.91. The predicted octanol–water partition coefficient (Wildman–Crippen LogP) is 3.55. The van der Waals surface area contributed by atoms with Gasteiger partial charge in [0, 0.05) is 30.0 Å². The summed E-state index contributed by atoms with van der Waals surface area (Å²) >= 11 is 6.01. The average molecular weight is 248 g/mol. The van der Waals surface area contributed by atoms with Crippen LogP contribution in [0.5, 0.6) is 0 Å². The van der Waals surface area contributed by atoms with Crippen LogP contribution in [-0.4, -0.2) is 17.5 Å². The minimum absolute atomic E-state index is 0.125. The second kappa shape index (κ2) is 4.63. The zero-order valence-electron chi connectivity index (χ0n) is 9.47. The Balaban J connectivity index is 2.10. The molecule has 3 heteroatoms. The highest BCUT2D eigenvalue weighted by Crippen LogP contribution is 2.37. The Morgan fingerprint density at radius 2 is 2.18 bits per heavy atom. The molecule has 0 aliphatic carbocycles. The number of alkyl halides is 1. The van der Waals surface area contributed by atoms with Crippen LogP contribution in [0.1, 0.15) is 18.1 Å². The fourth-order valence-electron chi connectivity index (χ4n) is 2.50. The van der Waals surface area contributed by atoms with Crippen LogP contribution in [0, 0.1) is 5.92 Å². The summed E-state index contributed by atoms with van der Waals surface area (Å²) in [6, 6.07) is 10.2. The van der Waals surface area contributed by atoms with Crippen molar-refractivity contribution < 1.29 is 4.74 Å². The summed E-state index contributed by atoms with van der Waals surface area (Å²) in [6.07, 6.45) is 3.02. The van der Waals surface area contributed by atoms with Gasteiger partial charge in [-0.15, -0.1) is 11.6 Å². The lowest BCUT2D eigenvalue weighted by atomic mass is 9.95. The largest absolute Gasteiger partial charge is 0.373 e. The topological polar surface area (TPSA) is 22.1 Å². The summed E-state index contributed by atoms with van der Waals surface area (Å²) in [5.41, 5.74) is 2.24. The van der Waals surface area contributed by atoms with Gasteiger partial charge in [-0.05, 0) is 24.1 Å². The molecule has 1 aromatic heterocycles. The first-order chi connectivity index (χ1) is 8.40. The molecule has 2 heterocycles. The van der Waals surface area contributed by atoms with E-state index >= 15 is 0 Å². The van der Waals surface area contributed by atoms with Gasteiger partial charge in [0.15, 0.2) is 0 Å². The van der Waals surface area contributed by atoms with Crippen molar-refractivity contribution in [2.24, 2.45) is 5.92 Å². The molecule has 3 rings (SSSR count). The minimum atomic E-state index is 0.125. The molecule has 2 atom stereocenters. The van der Waals surface area contributed by atoms with E-state index in [9.17, 15) is 0 Å². The van der Waals surface area contributed by atoms with E-state index in [-0.39, 0.29) is 6.10 Å². The minimum Gasteiger partial charge on any atom is -0.373 e. The number of fused-ring (bicyclic) bond motifs is 1. The smallest absolute Gasteiger partial charge is 0.0872 e. The maximum Gasteiger partial charge on any atom is 0.0872 e. The molecule has 2 unspecified atom stereocenters. The van der Waals surface area contributed by atoms with E-state index < -0.39 is 0 Å². The molecule has 1 saturated heterocycles. The maximum absolute atomic E-state index is 6.01. The third-order valence-electron chi connectivity index (χ3n) is 3.40. The Labute approximate surface area is 106 Å². The van der Waals surface area contributed by atoms with Crippen LogP contribution < -0.4 is 0 Å². The lowest BCUT2D eigenvalue weighted by Gasteiger charge is -2.18. The first-order valence-corrected chi connectivity index (χ1v) is 6.45. The fourth-order valence-corrected chi connectivity index (χ4v) is 2.82. The number of hydrogen-bond donors (Lipinski definition) is 0. The van der Waals surface area contributed by atoms with E-state index in [2.05, 4.69) is 17.1 Å². The van der Waals surface area contributed by atoms with Crippen LogP contribution in [0.15, 0.2) is 36.5 Å². The van der Waals surface area contributed by atoms with E-state index in [0.29, 0.717) is 11.8 Å². The third kappa shape index (κ3) is 1.92. The Kier molecular flexibility index (Phi) is 3.00. The van der Waals surface area contributed by atoms with E-state index in [1.165, 1.54) is 10.9 Å². The maximum atomic E-state index is 6.01. The summed E-state index contributed by atoms with van der Waals surface area (Å²) < 4.78 is 5.84. The van der Waals surface area contributed by atoms with Crippen molar-refractivity contribution in [2.75, 3.05) is 12.5 Å². The summed E-state index contributed by atoms with van der Waals surface area (Å²) in [5.74, 6) is 1.07. The number of aromatic nitrogens is 1. The van der Waals surface area contributed by atoms with Gasteiger partial charge in [0.05, 0.1) is 11.6 Å². The van der Waals surface area contributed by atoms with Crippen molar-refractivity contribution in [1.82, 2.24) is 4.98 Å². The molecule has 2 nitrogen and oxygen atoms in total. The van der Waals surface area contributed by atoms with Gasteiger partial charge in [0.25, 0.3) is 0 Å². The Morgan fingerprint density at radius 1 is 1.29 bits per heavy atom. The highest BCUT2D eigenvalue weighted by molar-refractivity contribution is 6.18. The van der Waals surface area contributed by atoms with Crippen molar-refractivity contribution >= 4 is 22.5 Å². The summed E-state index contributed by atoms with van der Waals surface area (Å²) in [6.45, 7) is 0.804. The summed E-state index contributed by atoms with van der Waals surface area (Å²) in [5, 5.41) is 1.18. The normalized spacial score (nSPS) is 24.3. The number of hydrogen-bond acceptors (Lipinski definition) is 2. The highest BCUT2D eigenvalue weighted by atomic mass is 35.5. The van der Waals surface area contributed by atoms with Crippen LogP contribution in [-0.2, 0) is 4.74 Å². The van der Waals surface area contributed by atoms with Gasteiger partial charge < -0.3 is 4.74 Å². The molecule has 2 aromatic rings. The Hall–Kier alpha value is -1.12. The van der Waals surface area contributed by atoms with Gasteiger partial charge in [0.1, 0.15) is 0 Å². The van der Waals surface area contributed by atoms with Crippen LogP contribution in [0.3, 0.4) is 0 Å². The molecule has 17 heavy (non-hydrogen) atoms. The van der Waals surface area contributed by atoms with E-state index in [1.807, 2.05) is 24.4 Å². The Bertz CT molecular complexity index is 523. The number of pyridine rings is 1. The molecule has 0 bridgehead atoms. The van der Waals surface area contributed by atoms with Crippen molar-refractivity contribution in [2.45, 2.75) is 12.5 Å². The lowest BCUT2D eigenvalue weighted by molar-refractivity contribution is 0.0962. The molecule has 1 fully saturated rings. The highest BCUT2D eigenvalue weighted by Gasteiger charge is 2.29. The van der Waals surface area contributed by atoms with Crippen molar-refractivity contribution in [3.8, 4) is 0 Å². The van der Waals surface area contributed by atoms with Crippen LogP contribution in [0.4, 0.5) is 0 Å². The second-order valence-electron chi connectivity index (χ2n) is 4.41. The standard InChI is InChI=1S/C14H14ClNO/c15-9-10-6-8-17-14(10)12-5-7-16-13-4-2-1-3-11(12)13/h1-5,7,10,14H,6,8-9H2. The molecular weight excluding hydrogens is 234 g/mol. The fraction of sp³-hybridized carbons (Fsp3) is 0.357. The van der Waals surface area contributed by atoms with Crippen molar-refractivity contribution in [1.29, 1.82) is 0 Å². The molecule has 0 spiro atoms. The molecular formula is C14H14ClNO. The molecule has 88 valence electrons. The van der Waals surface area contributed by atoms with Gasteiger partial charge in [-0.3, -0.25) is 4.98 Å². The Morgan fingerprint density at radius 3 is 3.06 bits per heavy atom. The van der Waals surface area contributed by atoms with Gasteiger partial charge in [-0.2, -0.15) is 0 Å². The number of nitrogens with zero attached hydrogens (tertiary/aromatic N) is 1. The molecule has 0 radical (unpaired) electrons. The SMILES string of the molecule is ClCC1CCOC1c1ccnc2ccccc12. The summed E-state index contributed by atoms with van der Waals surface area (Å²) in [7, 11) is 0. The van der Waals surface area contributed by atoms with Crippen LogP contribution in [0.2, 0.25) is 0 Å². The van der Waals surface area contributed by atoms with Gasteiger partial charge in [-0.25, -0.2) is 0 Å². The van der Waals surface area contributed by atoms with Gasteiger partial charge in [0.2, 0.25) is 0 Å². The lowest BCUT2D eigenvalue weighted by Crippen LogP contribution is -2.09. The zero-order valence-corrected chi connectivity index (χ0v) is 10.2. The predicted molar refractivity (Wildman–Crippen MR) is 69.3 cm³/mol. The first kappa shape index (κ1) is 11.0. The van der Waals surface area contributed by atoms with E-state index in [0.717, 1.165) is 18.5 Å².